The number of thioether (sulfide) groups is 1. The van der Waals surface area contributed by atoms with Gasteiger partial charge in [-0.05, 0) is 63.8 Å². The van der Waals surface area contributed by atoms with Gasteiger partial charge >= 0.3 is 0 Å². The van der Waals surface area contributed by atoms with E-state index in [-0.39, 0.29) is 41.5 Å². The Morgan fingerprint density at radius 3 is 2.34 bits per heavy atom. The molecule has 2 unspecified atom stereocenters. The van der Waals surface area contributed by atoms with Gasteiger partial charge in [0.15, 0.2) is 0 Å². The zero-order chi connectivity index (χ0) is 30.1. The molecular formula is C32H45N3O5S. The molecule has 0 saturated carbocycles. The van der Waals surface area contributed by atoms with Crippen molar-refractivity contribution in [3.05, 3.63) is 49.6 Å². The van der Waals surface area contributed by atoms with Gasteiger partial charge in [0.1, 0.15) is 11.8 Å². The molecule has 2 bridgehead atoms. The first-order valence-corrected chi connectivity index (χ1v) is 15.6. The first-order chi connectivity index (χ1) is 19.6. The van der Waals surface area contributed by atoms with Crippen LogP contribution < -0.4 is 9.64 Å². The van der Waals surface area contributed by atoms with Crippen LogP contribution in [-0.4, -0.2) is 87.1 Å². The summed E-state index contributed by atoms with van der Waals surface area (Å²) in [5, 5.41) is 10.4. The molecule has 9 heteroatoms. The molecule has 6 atom stereocenters. The molecule has 3 fully saturated rings. The van der Waals surface area contributed by atoms with E-state index in [0.29, 0.717) is 31.8 Å². The molecular weight excluding hydrogens is 538 g/mol. The predicted molar refractivity (Wildman–Crippen MR) is 164 cm³/mol. The van der Waals surface area contributed by atoms with Crippen molar-refractivity contribution in [2.45, 2.75) is 75.6 Å². The van der Waals surface area contributed by atoms with E-state index >= 15 is 0 Å². The Kier molecular flexibility index (Phi) is 9.59. The molecule has 1 aromatic rings. The molecule has 3 aliphatic heterocycles. The molecule has 1 aromatic carbocycles. The number of hydrogen-bond donors (Lipinski definition) is 1. The van der Waals surface area contributed by atoms with Crippen LogP contribution in [0.4, 0.5) is 5.69 Å². The summed E-state index contributed by atoms with van der Waals surface area (Å²) in [6.07, 6.45) is 4.82. The summed E-state index contributed by atoms with van der Waals surface area (Å²) in [6, 6.07) is 6.01. The summed E-state index contributed by atoms with van der Waals surface area (Å²) in [7, 11) is 0. The monoisotopic (exact) mass is 583 g/mol. The average Bonchev–Trinajstić information content (AvgIpc) is 3.58. The Balaban J connectivity index is 1.78. The predicted octanol–water partition coefficient (Wildman–Crippen LogP) is 4.14. The van der Waals surface area contributed by atoms with E-state index in [1.807, 2.05) is 58.9 Å². The molecule has 0 aliphatic carbocycles. The third-order valence-corrected chi connectivity index (χ3v) is 10.8. The lowest BCUT2D eigenvalue weighted by Gasteiger charge is -2.41. The second kappa shape index (κ2) is 12.6. The number of carbonyl (C=O) groups is 3. The molecule has 1 spiro atoms. The fraction of sp³-hybridized carbons (Fsp3) is 0.594. The first kappa shape index (κ1) is 31.2. The number of anilines is 1. The number of hydrogen-bond acceptors (Lipinski definition) is 6. The Bertz CT molecular complexity index is 1150. The molecule has 0 aromatic heterocycles. The zero-order valence-electron chi connectivity index (χ0n) is 25.0. The van der Waals surface area contributed by atoms with E-state index in [1.54, 1.807) is 38.6 Å². The SMILES string of the molecule is C=CCN(C(=O)[C@@H]1[C@@H]2CCC3(S2)C(C(=O)N(CC=C)C(C)C)N([C@@H](CO)C(C)C)C(=O)[C@H]13)c1ccc(OCC)cc1. The molecule has 3 saturated heterocycles. The van der Waals surface area contributed by atoms with Gasteiger partial charge in [-0.3, -0.25) is 14.4 Å². The van der Waals surface area contributed by atoms with Crippen LogP contribution in [0.3, 0.4) is 0 Å². The summed E-state index contributed by atoms with van der Waals surface area (Å²) in [5.41, 5.74) is 0.711. The highest BCUT2D eigenvalue weighted by atomic mass is 32.2. The molecule has 3 amide bonds. The topological polar surface area (TPSA) is 90.4 Å². The lowest BCUT2D eigenvalue weighted by Crippen LogP contribution is -2.59. The van der Waals surface area contributed by atoms with E-state index in [9.17, 15) is 19.5 Å². The van der Waals surface area contributed by atoms with Crippen molar-refractivity contribution in [1.29, 1.82) is 0 Å². The number of carbonyl (C=O) groups excluding carboxylic acids is 3. The summed E-state index contributed by atoms with van der Waals surface area (Å²) >= 11 is 1.65. The lowest BCUT2D eigenvalue weighted by molar-refractivity contribution is -0.147. The standard InChI is InChI=1S/C32H45N3O5S/c1-8-17-33(21(6)7)31(39)28-32-16-15-25(41-32)26(27(32)30(38)35(28)24(19-36)20(4)5)29(37)34(18-9-2)22-11-13-23(14-12-22)40-10-3/h8-9,11-14,20-21,24-28,36H,1-2,10,15-19H2,3-7H3/t24-,25-,26+,27-,28?,32?/m0/s1. The number of rotatable bonds is 13. The van der Waals surface area contributed by atoms with Gasteiger partial charge in [0.2, 0.25) is 17.7 Å². The highest BCUT2D eigenvalue weighted by Crippen LogP contribution is 2.67. The third-order valence-electron chi connectivity index (χ3n) is 8.84. The number of aliphatic hydroxyl groups excluding tert-OH is 1. The highest BCUT2D eigenvalue weighted by Gasteiger charge is 2.74. The molecule has 3 heterocycles. The number of nitrogens with zero attached hydrogens (tertiary/aromatic N) is 3. The van der Waals surface area contributed by atoms with Gasteiger partial charge in [-0.25, -0.2) is 0 Å². The quantitative estimate of drug-likeness (QED) is 0.351. The van der Waals surface area contributed by atoms with E-state index < -0.39 is 28.7 Å². The van der Waals surface area contributed by atoms with Gasteiger partial charge in [0.05, 0.1) is 35.8 Å². The van der Waals surface area contributed by atoms with Gasteiger partial charge < -0.3 is 24.5 Å². The minimum Gasteiger partial charge on any atom is -0.494 e. The van der Waals surface area contributed by atoms with Crippen LogP contribution in [0, 0.1) is 17.8 Å². The smallest absolute Gasteiger partial charge is 0.247 e. The largest absolute Gasteiger partial charge is 0.494 e. The van der Waals surface area contributed by atoms with Crippen molar-refractivity contribution in [2.75, 3.05) is 31.2 Å². The molecule has 0 radical (unpaired) electrons. The number of likely N-dealkylation sites (tertiary alicyclic amines) is 1. The van der Waals surface area contributed by atoms with Crippen molar-refractivity contribution in [3.63, 3.8) is 0 Å². The fourth-order valence-electron chi connectivity index (χ4n) is 7.00. The van der Waals surface area contributed by atoms with Crippen LogP contribution in [0.5, 0.6) is 5.75 Å². The van der Waals surface area contributed by atoms with Crippen molar-refractivity contribution in [3.8, 4) is 5.75 Å². The molecule has 3 aliphatic rings. The van der Waals surface area contributed by atoms with E-state index in [1.165, 1.54) is 0 Å². The normalized spacial score (nSPS) is 27.2. The van der Waals surface area contributed by atoms with Crippen molar-refractivity contribution < 1.29 is 24.2 Å². The van der Waals surface area contributed by atoms with Gasteiger partial charge in [0.25, 0.3) is 0 Å². The van der Waals surface area contributed by atoms with Gasteiger partial charge in [0, 0.05) is 30.1 Å². The molecule has 224 valence electrons. The Labute approximate surface area is 248 Å². The lowest BCUT2D eigenvalue weighted by atomic mass is 9.70. The molecule has 41 heavy (non-hydrogen) atoms. The van der Waals surface area contributed by atoms with Crippen LogP contribution in [-0.2, 0) is 14.4 Å². The Morgan fingerprint density at radius 1 is 1.15 bits per heavy atom. The maximum absolute atomic E-state index is 14.5. The average molecular weight is 584 g/mol. The maximum atomic E-state index is 14.5. The van der Waals surface area contributed by atoms with Crippen LogP contribution in [0.1, 0.15) is 47.5 Å². The summed E-state index contributed by atoms with van der Waals surface area (Å²) < 4.78 is 4.86. The second-order valence-corrected chi connectivity index (χ2v) is 13.4. The number of fused-ring (bicyclic) bond motifs is 1. The number of benzene rings is 1. The van der Waals surface area contributed by atoms with Crippen molar-refractivity contribution in [2.24, 2.45) is 17.8 Å². The fourth-order valence-corrected chi connectivity index (χ4v) is 9.19. The molecule has 8 nitrogen and oxygen atoms in total. The van der Waals surface area contributed by atoms with E-state index in [4.69, 9.17) is 4.74 Å². The number of aliphatic hydroxyl groups is 1. The Hall–Kier alpha value is -2.78. The van der Waals surface area contributed by atoms with E-state index in [2.05, 4.69) is 13.2 Å². The highest BCUT2D eigenvalue weighted by molar-refractivity contribution is 8.02. The van der Waals surface area contributed by atoms with Crippen molar-refractivity contribution in [1.82, 2.24) is 9.80 Å². The minimum absolute atomic E-state index is 0.0672. The molecule has 4 rings (SSSR count). The number of amides is 3. The maximum Gasteiger partial charge on any atom is 0.247 e. The second-order valence-electron chi connectivity index (χ2n) is 11.8. The van der Waals surface area contributed by atoms with Crippen LogP contribution in [0.25, 0.3) is 0 Å². The van der Waals surface area contributed by atoms with E-state index in [0.717, 1.165) is 12.2 Å². The number of ether oxygens (including phenoxy) is 1. The minimum atomic E-state index is -0.756. The van der Waals surface area contributed by atoms with Gasteiger partial charge in [-0.1, -0.05) is 26.0 Å². The summed E-state index contributed by atoms with van der Waals surface area (Å²) in [6.45, 7) is 18.4. The summed E-state index contributed by atoms with van der Waals surface area (Å²) in [4.78, 5) is 48.4. The summed E-state index contributed by atoms with van der Waals surface area (Å²) in [5.74, 6) is -1.03. The zero-order valence-corrected chi connectivity index (χ0v) is 25.8. The van der Waals surface area contributed by atoms with Crippen LogP contribution >= 0.6 is 11.8 Å². The van der Waals surface area contributed by atoms with Gasteiger partial charge in [-0.15, -0.1) is 24.9 Å². The first-order valence-electron chi connectivity index (χ1n) is 14.7. The van der Waals surface area contributed by atoms with Crippen LogP contribution in [0.15, 0.2) is 49.6 Å². The van der Waals surface area contributed by atoms with Crippen molar-refractivity contribution >= 4 is 35.2 Å². The van der Waals surface area contributed by atoms with Crippen LogP contribution in [0.2, 0.25) is 0 Å². The Morgan fingerprint density at radius 2 is 1.80 bits per heavy atom. The molecule has 1 N–H and O–H groups in total. The third kappa shape index (κ3) is 5.31. The van der Waals surface area contributed by atoms with Gasteiger partial charge in [-0.2, -0.15) is 0 Å².